The number of nitrogens with zero attached hydrogens (tertiary/aromatic N) is 4. The minimum absolute atomic E-state index is 0.0396. The first-order chi connectivity index (χ1) is 13.1. The lowest BCUT2D eigenvalue weighted by atomic mass is 10.1. The first-order valence-electron chi connectivity index (χ1n) is 8.88. The number of aryl methyl sites for hydroxylation is 2. The molecule has 3 rings (SSSR count). The normalized spacial score (nSPS) is 16.2. The molecule has 0 radical (unpaired) electrons. The molecule has 7 nitrogen and oxygen atoms in total. The van der Waals surface area contributed by atoms with E-state index in [9.17, 15) is 22.0 Å². The maximum absolute atomic E-state index is 13.9. The van der Waals surface area contributed by atoms with Crippen molar-refractivity contribution in [3.8, 4) is 0 Å². The Morgan fingerprint density at radius 1 is 1.07 bits per heavy atom. The lowest BCUT2D eigenvalue weighted by molar-refractivity contribution is 0.0754. The zero-order valence-corrected chi connectivity index (χ0v) is 16.8. The molecule has 0 spiro atoms. The van der Waals surface area contributed by atoms with Crippen LogP contribution in [0.1, 0.15) is 28.2 Å². The number of carbonyl (C=O) groups is 1. The van der Waals surface area contributed by atoms with Gasteiger partial charge < -0.3 is 4.90 Å². The summed E-state index contributed by atoms with van der Waals surface area (Å²) >= 11 is 0. The van der Waals surface area contributed by atoms with Crippen LogP contribution < -0.4 is 0 Å². The monoisotopic (exact) mass is 412 g/mol. The number of aromatic nitrogens is 2. The van der Waals surface area contributed by atoms with Gasteiger partial charge in [-0.1, -0.05) is 6.07 Å². The summed E-state index contributed by atoms with van der Waals surface area (Å²) in [6, 6.07) is 3.24. The number of rotatable bonds is 3. The van der Waals surface area contributed by atoms with E-state index < -0.39 is 33.1 Å². The van der Waals surface area contributed by atoms with E-state index >= 15 is 0 Å². The molecular weight excluding hydrogens is 390 g/mol. The van der Waals surface area contributed by atoms with Gasteiger partial charge in [0.15, 0.2) is 0 Å². The number of sulfonamides is 1. The molecule has 28 heavy (non-hydrogen) atoms. The molecule has 1 aromatic heterocycles. The second kappa shape index (κ2) is 7.59. The van der Waals surface area contributed by atoms with Gasteiger partial charge in [-0.2, -0.15) is 9.40 Å². The third kappa shape index (κ3) is 3.53. The van der Waals surface area contributed by atoms with Gasteiger partial charge in [-0.25, -0.2) is 17.2 Å². The Morgan fingerprint density at radius 3 is 2.29 bits per heavy atom. The Balaban J connectivity index is 1.83. The summed E-state index contributed by atoms with van der Waals surface area (Å²) in [5.74, 6) is -2.63. The Morgan fingerprint density at radius 2 is 1.71 bits per heavy atom. The van der Waals surface area contributed by atoms with Crippen LogP contribution in [0.15, 0.2) is 23.1 Å². The SMILES string of the molecule is Cc1nn(C)c(C)c1S(=O)(=O)N1CCCN(C(=O)c2c(F)cccc2F)CC1. The van der Waals surface area contributed by atoms with Crippen molar-refractivity contribution in [3.05, 3.63) is 46.8 Å². The summed E-state index contributed by atoms with van der Waals surface area (Å²) in [5, 5.41) is 4.16. The van der Waals surface area contributed by atoms with Crippen molar-refractivity contribution >= 4 is 15.9 Å². The number of halogens is 2. The third-order valence-corrected chi connectivity index (χ3v) is 7.11. The average molecular weight is 412 g/mol. The van der Waals surface area contributed by atoms with Gasteiger partial charge in [-0.05, 0) is 32.4 Å². The van der Waals surface area contributed by atoms with Crippen molar-refractivity contribution in [2.24, 2.45) is 7.05 Å². The summed E-state index contributed by atoms with van der Waals surface area (Å²) in [4.78, 5) is 14.1. The zero-order valence-electron chi connectivity index (χ0n) is 15.9. The fraction of sp³-hybridized carbons (Fsp3) is 0.444. The third-order valence-electron chi connectivity index (χ3n) is 4.96. The highest BCUT2D eigenvalue weighted by Gasteiger charge is 2.33. The van der Waals surface area contributed by atoms with E-state index in [1.807, 2.05) is 0 Å². The van der Waals surface area contributed by atoms with Gasteiger partial charge in [0.25, 0.3) is 5.91 Å². The lowest BCUT2D eigenvalue weighted by Crippen LogP contribution is -2.38. The number of hydrogen-bond acceptors (Lipinski definition) is 4. The molecule has 0 saturated carbocycles. The molecule has 0 unspecified atom stereocenters. The predicted molar refractivity (Wildman–Crippen MR) is 98.3 cm³/mol. The molecule has 0 bridgehead atoms. The smallest absolute Gasteiger partial charge is 0.259 e. The van der Waals surface area contributed by atoms with Crippen molar-refractivity contribution in [3.63, 3.8) is 0 Å². The largest absolute Gasteiger partial charge is 0.337 e. The molecule has 2 heterocycles. The van der Waals surface area contributed by atoms with Gasteiger partial charge in [0.2, 0.25) is 10.0 Å². The second-order valence-electron chi connectivity index (χ2n) is 6.77. The van der Waals surface area contributed by atoms with Gasteiger partial charge in [0, 0.05) is 33.2 Å². The average Bonchev–Trinajstić information content (AvgIpc) is 2.80. The Hall–Kier alpha value is -2.33. The molecule has 0 N–H and O–H groups in total. The van der Waals surface area contributed by atoms with Crippen LogP contribution in [0.5, 0.6) is 0 Å². The number of amides is 1. The first-order valence-corrected chi connectivity index (χ1v) is 10.3. The van der Waals surface area contributed by atoms with E-state index in [4.69, 9.17) is 0 Å². The van der Waals surface area contributed by atoms with Crippen molar-refractivity contribution in [1.82, 2.24) is 19.0 Å². The maximum Gasteiger partial charge on any atom is 0.259 e. The fourth-order valence-corrected chi connectivity index (χ4v) is 5.32. The molecule has 1 aromatic carbocycles. The molecule has 1 aliphatic heterocycles. The summed E-state index contributed by atoms with van der Waals surface area (Å²) < 4.78 is 56.9. The van der Waals surface area contributed by atoms with Gasteiger partial charge in [-0.3, -0.25) is 9.48 Å². The van der Waals surface area contributed by atoms with E-state index in [1.54, 1.807) is 20.9 Å². The highest BCUT2D eigenvalue weighted by Crippen LogP contribution is 2.24. The molecule has 10 heteroatoms. The highest BCUT2D eigenvalue weighted by atomic mass is 32.2. The molecule has 0 aliphatic carbocycles. The van der Waals surface area contributed by atoms with Gasteiger partial charge in [0.1, 0.15) is 22.1 Å². The van der Waals surface area contributed by atoms with Crippen LogP contribution in [-0.4, -0.2) is 59.5 Å². The van der Waals surface area contributed by atoms with Crippen LogP contribution in [-0.2, 0) is 17.1 Å². The number of benzene rings is 1. The lowest BCUT2D eigenvalue weighted by Gasteiger charge is -2.22. The minimum Gasteiger partial charge on any atom is -0.337 e. The Labute approximate surface area is 162 Å². The van der Waals surface area contributed by atoms with E-state index in [-0.39, 0.29) is 31.1 Å². The van der Waals surface area contributed by atoms with Gasteiger partial charge >= 0.3 is 0 Å². The zero-order chi connectivity index (χ0) is 20.6. The molecule has 2 aromatic rings. The van der Waals surface area contributed by atoms with Crippen LogP contribution in [0, 0.1) is 25.5 Å². The maximum atomic E-state index is 13.9. The first kappa shape index (κ1) is 20.4. The van der Waals surface area contributed by atoms with E-state index in [1.165, 1.54) is 20.0 Å². The Kier molecular flexibility index (Phi) is 5.53. The van der Waals surface area contributed by atoms with Crippen LogP contribution in [0.25, 0.3) is 0 Å². The van der Waals surface area contributed by atoms with Gasteiger partial charge in [0.05, 0.1) is 11.4 Å². The van der Waals surface area contributed by atoms with Crippen molar-refractivity contribution in [2.45, 2.75) is 25.2 Å². The van der Waals surface area contributed by atoms with E-state index in [0.717, 1.165) is 12.1 Å². The van der Waals surface area contributed by atoms with E-state index in [0.29, 0.717) is 17.8 Å². The van der Waals surface area contributed by atoms with E-state index in [2.05, 4.69) is 5.10 Å². The van der Waals surface area contributed by atoms with Crippen LogP contribution in [0.2, 0.25) is 0 Å². The number of carbonyl (C=O) groups excluding carboxylic acids is 1. The fourth-order valence-electron chi connectivity index (χ4n) is 3.45. The van der Waals surface area contributed by atoms with Crippen molar-refractivity contribution < 1.29 is 22.0 Å². The summed E-state index contributed by atoms with van der Waals surface area (Å²) in [5.41, 5.74) is 0.325. The minimum atomic E-state index is -3.79. The topological polar surface area (TPSA) is 75.5 Å². The van der Waals surface area contributed by atoms with Crippen molar-refractivity contribution in [2.75, 3.05) is 26.2 Å². The molecule has 1 amide bonds. The summed E-state index contributed by atoms with van der Waals surface area (Å²) in [7, 11) is -2.12. The summed E-state index contributed by atoms with van der Waals surface area (Å²) in [6.45, 7) is 3.82. The van der Waals surface area contributed by atoms with Crippen LogP contribution in [0.3, 0.4) is 0 Å². The highest BCUT2D eigenvalue weighted by molar-refractivity contribution is 7.89. The second-order valence-corrected chi connectivity index (χ2v) is 8.64. The van der Waals surface area contributed by atoms with Crippen molar-refractivity contribution in [1.29, 1.82) is 0 Å². The van der Waals surface area contributed by atoms with Crippen LogP contribution in [0.4, 0.5) is 8.78 Å². The quantitative estimate of drug-likeness (QED) is 0.771. The molecule has 152 valence electrons. The summed E-state index contributed by atoms with van der Waals surface area (Å²) in [6.07, 6.45) is 0.361. The molecule has 0 atom stereocenters. The molecule has 1 fully saturated rings. The molecule has 1 saturated heterocycles. The van der Waals surface area contributed by atoms with Crippen LogP contribution >= 0.6 is 0 Å². The van der Waals surface area contributed by atoms with Gasteiger partial charge in [-0.15, -0.1) is 0 Å². The standard InChI is InChI=1S/C18H22F2N4O3S/c1-12-17(13(2)22(3)21-12)28(26,27)24-9-5-8-23(10-11-24)18(25)16-14(19)6-4-7-15(16)20/h4,6-7H,5,8-11H2,1-3H3. The Bertz CT molecular complexity index is 1000. The molecular formula is C18H22F2N4O3S. The number of hydrogen-bond donors (Lipinski definition) is 0. The predicted octanol–water partition coefficient (Wildman–Crippen LogP) is 1.85. The molecule has 1 aliphatic rings.